The number of piperidine rings is 3. The standard InChI is InChI=1S/C14H16N2O3/c17-14-11-5-7-15(8-6-11)13(14)9-10-1-3-12(4-2-10)16(18)19/h1-4,9,11,14,17H,5-8H2/b13-9-/t14-/m1/s1. The Kier molecular flexibility index (Phi) is 2.98. The largest absolute Gasteiger partial charge is 0.387 e. The number of aliphatic hydroxyl groups excluding tert-OH is 1. The molecule has 0 aromatic heterocycles. The van der Waals surface area contributed by atoms with E-state index < -0.39 is 11.0 Å². The average molecular weight is 260 g/mol. The fourth-order valence-corrected chi connectivity index (χ4v) is 2.94. The second kappa shape index (κ2) is 4.66. The summed E-state index contributed by atoms with van der Waals surface area (Å²) in [5, 5.41) is 20.8. The van der Waals surface area contributed by atoms with Gasteiger partial charge in [-0.3, -0.25) is 10.1 Å². The van der Waals surface area contributed by atoms with Gasteiger partial charge in [0.05, 0.1) is 11.0 Å². The Labute approximate surface area is 111 Å². The van der Waals surface area contributed by atoms with Crippen LogP contribution in [-0.4, -0.2) is 34.1 Å². The van der Waals surface area contributed by atoms with Crippen LogP contribution in [0.5, 0.6) is 0 Å². The molecular formula is C14H16N2O3. The summed E-state index contributed by atoms with van der Waals surface area (Å²) in [7, 11) is 0. The molecule has 2 bridgehead atoms. The van der Waals surface area contributed by atoms with E-state index in [9.17, 15) is 15.2 Å². The molecule has 4 rings (SSSR count). The lowest BCUT2D eigenvalue weighted by Crippen LogP contribution is -2.48. The van der Waals surface area contributed by atoms with Crippen molar-refractivity contribution in [3.05, 3.63) is 45.6 Å². The van der Waals surface area contributed by atoms with E-state index in [0.717, 1.165) is 37.2 Å². The number of nitro groups is 1. The van der Waals surface area contributed by atoms with Crippen LogP contribution in [0.2, 0.25) is 0 Å². The first-order valence-corrected chi connectivity index (χ1v) is 6.54. The summed E-state index contributed by atoms with van der Waals surface area (Å²) in [5.74, 6) is 0.370. The number of aliphatic hydroxyl groups is 1. The summed E-state index contributed by atoms with van der Waals surface area (Å²) >= 11 is 0. The van der Waals surface area contributed by atoms with Crippen LogP contribution in [-0.2, 0) is 0 Å². The lowest BCUT2D eigenvalue weighted by molar-refractivity contribution is -0.384. The molecule has 0 amide bonds. The number of benzene rings is 1. The van der Waals surface area contributed by atoms with Gasteiger partial charge in [-0.05, 0) is 42.5 Å². The van der Waals surface area contributed by atoms with Gasteiger partial charge in [0.2, 0.25) is 0 Å². The Bertz CT molecular complexity index is 512. The van der Waals surface area contributed by atoms with Gasteiger partial charge in [0, 0.05) is 30.9 Å². The molecule has 1 N–H and O–H groups in total. The Morgan fingerprint density at radius 2 is 1.89 bits per heavy atom. The van der Waals surface area contributed by atoms with Crippen molar-refractivity contribution >= 4 is 11.8 Å². The first-order valence-electron chi connectivity index (χ1n) is 6.54. The second-order valence-corrected chi connectivity index (χ2v) is 5.19. The van der Waals surface area contributed by atoms with Crippen LogP contribution in [0.3, 0.4) is 0 Å². The van der Waals surface area contributed by atoms with E-state index in [4.69, 9.17) is 0 Å². The molecule has 0 radical (unpaired) electrons. The molecule has 1 aromatic rings. The van der Waals surface area contributed by atoms with Gasteiger partial charge in [0.15, 0.2) is 0 Å². The number of nitrogens with zero attached hydrogens (tertiary/aromatic N) is 2. The molecule has 0 saturated carbocycles. The number of hydrogen-bond donors (Lipinski definition) is 1. The molecule has 1 aromatic carbocycles. The molecule has 3 aliphatic heterocycles. The summed E-state index contributed by atoms with van der Waals surface area (Å²) in [6.07, 6.45) is 3.66. The van der Waals surface area contributed by atoms with Gasteiger partial charge in [-0.15, -0.1) is 0 Å². The fraction of sp³-hybridized carbons (Fsp3) is 0.429. The first-order chi connectivity index (χ1) is 9.15. The topological polar surface area (TPSA) is 66.6 Å². The molecule has 19 heavy (non-hydrogen) atoms. The molecule has 5 heteroatoms. The maximum Gasteiger partial charge on any atom is 0.269 e. The van der Waals surface area contributed by atoms with E-state index >= 15 is 0 Å². The van der Waals surface area contributed by atoms with E-state index in [1.54, 1.807) is 12.1 Å². The minimum absolute atomic E-state index is 0.0909. The van der Waals surface area contributed by atoms with Gasteiger partial charge in [0.25, 0.3) is 5.69 Å². The highest BCUT2D eigenvalue weighted by atomic mass is 16.6. The Hall–Kier alpha value is -1.88. The molecule has 1 atom stereocenters. The minimum Gasteiger partial charge on any atom is -0.387 e. The van der Waals surface area contributed by atoms with Crippen molar-refractivity contribution in [3.63, 3.8) is 0 Å². The zero-order valence-corrected chi connectivity index (χ0v) is 10.5. The summed E-state index contributed by atoms with van der Waals surface area (Å²) in [4.78, 5) is 12.4. The van der Waals surface area contributed by atoms with Gasteiger partial charge < -0.3 is 10.0 Å². The van der Waals surface area contributed by atoms with Gasteiger partial charge in [-0.2, -0.15) is 0 Å². The molecule has 0 unspecified atom stereocenters. The molecule has 5 nitrogen and oxygen atoms in total. The third-order valence-corrected chi connectivity index (χ3v) is 4.07. The van der Waals surface area contributed by atoms with E-state index in [2.05, 4.69) is 4.90 Å². The highest BCUT2D eigenvalue weighted by Gasteiger charge is 2.36. The lowest BCUT2D eigenvalue weighted by atomic mass is 9.83. The van der Waals surface area contributed by atoms with Crippen molar-refractivity contribution in [1.82, 2.24) is 4.90 Å². The van der Waals surface area contributed by atoms with Crippen LogP contribution in [0.15, 0.2) is 30.0 Å². The minimum atomic E-state index is -0.405. The third kappa shape index (κ3) is 2.21. The van der Waals surface area contributed by atoms with E-state index in [1.165, 1.54) is 12.1 Å². The number of rotatable bonds is 2. The summed E-state index contributed by atoms with van der Waals surface area (Å²) in [6, 6.07) is 6.44. The van der Waals surface area contributed by atoms with Crippen molar-refractivity contribution in [3.8, 4) is 0 Å². The quantitative estimate of drug-likeness (QED) is 0.652. The van der Waals surface area contributed by atoms with E-state index in [0.29, 0.717) is 5.92 Å². The van der Waals surface area contributed by atoms with Crippen LogP contribution < -0.4 is 0 Å². The van der Waals surface area contributed by atoms with Gasteiger partial charge in [-0.1, -0.05) is 0 Å². The van der Waals surface area contributed by atoms with Crippen molar-refractivity contribution in [2.45, 2.75) is 18.9 Å². The maximum atomic E-state index is 10.6. The monoisotopic (exact) mass is 260 g/mol. The number of hydrogen-bond acceptors (Lipinski definition) is 4. The molecule has 3 saturated heterocycles. The smallest absolute Gasteiger partial charge is 0.269 e. The van der Waals surface area contributed by atoms with Crippen LogP contribution >= 0.6 is 0 Å². The number of fused-ring (bicyclic) bond motifs is 3. The summed E-state index contributed by atoms with van der Waals surface area (Å²) < 4.78 is 0. The maximum absolute atomic E-state index is 10.6. The molecule has 3 heterocycles. The van der Waals surface area contributed by atoms with Crippen molar-refractivity contribution in [2.24, 2.45) is 5.92 Å². The first kappa shape index (κ1) is 12.2. The number of non-ortho nitro benzene ring substituents is 1. The Morgan fingerprint density at radius 3 is 2.42 bits per heavy atom. The van der Waals surface area contributed by atoms with Crippen LogP contribution in [0.1, 0.15) is 18.4 Å². The molecule has 0 aliphatic carbocycles. The van der Waals surface area contributed by atoms with Crippen molar-refractivity contribution in [2.75, 3.05) is 13.1 Å². The predicted molar refractivity (Wildman–Crippen MR) is 71.4 cm³/mol. The van der Waals surface area contributed by atoms with Gasteiger partial charge in [-0.25, -0.2) is 0 Å². The Balaban J connectivity index is 1.86. The molecule has 100 valence electrons. The third-order valence-electron chi connectivity index (χ3n) is 4.07. The summed E-state index contributed by atoms with van der Waals surface area (Å²) in [6.45, 7) is 2.00. The Morgan fingerprint density at radius 1 is 1.26 bits per heavy atom. The van der Waals surface area contributed by atoms with Gasteiger partial charge in [0.1, 0.15) is 0 Å². The highest BCUT2D eigenvalue weighted by molar-refractivity contribution is 5.56. The SMILES string of the molecule is O=[N+]([O-])c1ccc(/C=C2/[C@H](O)C3CCN2CC3)cc1. The van der Waals surface area contributed by atoms with Crippen molar-refractivity contribution in [1.29, 1.82) is 0 Å². The van der Waals surface area contributed by atoms with E-state index in [1.807, 2.05) is 6.08 Å². The molecule has 3 fully saturated rings. The van der Waals surface area contributed by atoms with Crippen LogP contribution in [0.25, 0.3) is 6.08 Å². The normalized spacial score (nSPS) is 27.8. The molecule has 0 spiro atoms. The van der Waals surface area contributed by atoms with Crippen LogP contribution in [0, 0.1) is 16.0 Å². The molecule has 3 aliphatic rings. The van der Waals surface area contributed by atoms with Crippen LogP contribution in [0.4, 0.5) is 5.69 Å². The zero-order chi connectivity index (χ0) is 13.4. The zero-order valence-electron chi connectivity index (χ0n) is 10.5. The second-order valence-electron chi connectivity index (χ2n) is 5.19. The average Bonchev–Trinajstić information content (AvgIpc) is 2.44. The molecular weight excluding hydrogens is 244 g/mol. The van der Waals surface area contributed by atoms with E-state index in [-0.39, 0.29) is 5.69 Å². The lowest BCUT2D eigenvalue weighted by Gasteiger charge is -2.45. The predicted octanol–water partition coefficient (Wildman–Crippen LogP) is 2.02. The van der Waals surface area contributed by atoms with Gasteiger partial charge >= 0.3 is 0 Å². The fourth-order valence-electron chi connectivity index (χ4n) is 2.94. The number of nitro benzene ring substituents is 1. The van der Waals surface area contributed by atoms with Crippen molar-refractivity contribution < 1.29 is 10.0 Å². The summed E-state index contributed by atoms with van der Waals surface area (Å²) in [5.41, 5.74) is 1.94. The highest BCUT2D eigenvalue weighted by Crippen LogP contribution is 2.35.